The lowest BCUT2D eigenvalue weighted by molar-refractivity contribution is -0.123. The molecule has 4 nitrogen and oxygen atoms in total. The molecular formula is C18H23NO3. The van der Waals surface area contributed by atoms with Crippen molar-refractivity contribution >= 4 is 5.91 Å². The number of furan rings is 1. The zero-order valence-electron chi connectivity index (χ0n) is 13.6. The lowest BCUT2D eigenvalue weighted by Gasteiger charge is -2.16. The number of carbonyl (C=O) groups is 1. The first-order chi connectivity index (χ1) is 10.5. The second-order valence-corrected chi connectivity index (χ2v) is 5.79. The summed E-state index contributed by atoms with van der Waals surface area (Å²) in [7, 11) is 0. The quantitative estimate of drug-likeness (QED) is 0.878. The molecule has 0 aliphatic heterocycles. The Kier molecular flexibility index (Phi) is 5.26. The predicted molar refractivity (Wildman–Crippen MR) is 86.0 cm³/mol. The average Bonchev–Trinajstić information content (AvgIpc) is 2.99. The van der Waals surface area contributed by atoms with Crippen molar-refractivity contribution < 1.29 is 13.9 Å². The molecule has 0 radical (unpaired) electrons. The van der Waals surface area contributed by atoms with E-state index in [0.29, 0.717) is 5.92 Å². The zero-order chi connectivity index (χ0) is 16.1. The summed E-state index contributed by atoms with van der Waals surface area (Å²) in [5, 5.41) is 2.86. The van der Waals surface area contributed by atoms with Crippen LogP contribution in [0, 0.1) is 6.92 Å². The molecule has 1 atom stereocenters. The Balaban J connectivity index is 1.95. The number of benzene rings is 1. The monoisotopic (exact) mass is 301 g/mol. The fourth-order valence-electron chi connectivity index (χ4n) is 2.28. The van der Waals surface area contributed by atoms with Crippen LogP contribution in [0.15, 0.2) is 41.0 Å². The molecule has 1 aromatic heterocycles. The molecule has 0 saturated heterocycles. The molecule has 22 heavy (non-hydrogen) atoms. The van der Waals surface area contributed by atoms with E-state index < -0.39 is 0 Å². The van der Waals surface area contributed by atoms with E-state index in [1.54, 1.807) is 12.3 Å². The van der Waals surface area contributed by atoms with E-state index in [9.17, 15) is 4.79 Å². The van der Waals surface area contributed by atoms with Crippen LogP contribution in [0.2, 0.25) is 0 Å². The summed E-state index contributed by atoms with van der Waals surface area (Å²) in [5.41, 5.74) is 2.22. The second kappa shape index (κ2) is 7.16. The van der Waals surface area contributed by atoms with Crippen molar-refractivity contribution in [3.8, 4) is 5.75 Å². The predicted octanol–water partition coefficient (Wildman–Crippen LogP) is 3.97. The summed E-state index contributed by atoms with van der Waals surface area (Å²) in [6.07, 6.45) is 1.59. The van der Waals surface area contributed by atoms with E-state index in [4.69, 9.17) is 9.15 Å². The van der Waals surface area contributed by atoms with Gasteiger partial charge in [0, 0.05) is 0 Å². The Morgan fingerprint density at radius 1 is 1.27 bits per heavy atom. The molecule has 0 bridgehead atoms. The topological polar surface area (TPSA) is 51.5 Å². The van der Waals surface area contributed by atoms with Crippen molar-refractivity contribution in [2.45, 2.75) is 39.7 Å². The number of hydrogen-bond donors (Lipinski definition) is 1. The lowest BCUT2D eigenvalue weighted by Crippen LogP contribution is -2.31. The van der Waals surface area contributed by atoms with Crippen molar-refractivity contribution in [2.24, 2.45) is 0 Å². The summed E-state index contributed by atoms with van der Waals surface area (Å²) >= 11 is 0. The van der Waals surface area contributed by atoms with Gasteiger partial charge in [-0.1, -0.05) is 26.0 Å². The van der Waals surface area contributed by atoms with Gasteiger partial charge in [0.1, 0.15) is 11.5 Å². The van der Waals surface area contributed by atoms with E-state index in [2.05, 4.69) is 31.3 Å². The third kappa shape index (κ3) is 4.13. The molecule has 1 N–H and O–H groups in total. The van der Waals surface area contributed by atoms with Crippen LogP contribution in [0.5, 0.6) is 5.75 Å². The Morgan fingerprint density at radius 2 is 2.05 bits per heavy atom. The summed E-state index contributed by atoms with van der Waals surface area (Å²) in [6.45, 7) is 8.10. The largest absolute Gasteiger partial charge is 0.483 e. The number of hydrogen-bond acceptors (Lipinski definition) is 3. The highest BCUT2D eigenvalue weighted by Gasteiger charge is 2.14. The highest BCUT2D eigenvalue weighted by molar-refractivity contribution is 5.78. The van der Waals surface area contributed by atoms with Gasteiger partial charge >= 0.3 is 0 Å². The normalized spacial score (nSPS) is 12.2. The minimum Gasteiger partial charge on any atom is -0.483 e. The Bertz CT molecular complexity index is 617. The Labute approximate surface area is 131 Å². The molecule has 1 heterocycles. The molecule has 1 amide bonds. The van der Waals surface area contributed by atoms with Crippen molar-refractivity contribution in [3.05, 3.63) is 53.5 Å². The molecule has 0 saturated carbocycles. The van der Waals surface area contributed by atoms with Gasteiger partial charge in [-0.05, 0) is 49.1 Å². The third-order valence-electron chi connectivity index (χ3n) is 3.50. The number of aryl methyl sites for hydroxylation is 1. The van der Waals surface area contributed by atoms with Gasteiger partial charge < -0.3 is 14.5 Å². The minimum atomic E-state index is -0.173. The maximum Gasteiger partial charge on any atom is 0.258 e. The van der Waals surface area contributed by atoms with Gasteiger partial charge in [0.2, 0.25) is 0 Å². The first kappa shape index (κ1) is 16.1. The van der Waals surface area contributed by atoms with Crippen molar-refractivity contribution in [1.29, 1.82) is 0 Å². The SMILES string of the molecule is Cc1ccc(C(C)C)c(OCC(=O)N[C@H](C)c2ccco2)c1. The first-order valence-electron chi connectivity index (χ1n) is 7.53. The fraction of sp³-hybridized carbons (Fsp3) is 0.389. The summed E-state index contributed by atoms with van der Waals surface area (Å²) in [4.78, 5) is 12.0. The van der Waals surface area contributed by atoms with Crippen LogP contribution in [0.3, 0.4) is 0 Å². The van der Waals surface area contributed by atoms with E-state index in [1.807, 2.05) is 26.0 Å². The van der Waals surface area contributed by atoms with Crippen LogP contribution >= 0.6 is 0 Å². The summed E-state index contributed by atoms with van der Waals surface area (Å²) in [6, 6.07) is 9.55. The fourth-order valence-corrected chi connectivity index (χ4v) is 2.28. The van der Waals surface area contributed by atoms with Gasteiger partial charge in [-0.3, -0.25) is 4.79 Å². The minimum absolute atomic E-state index is 0.00573. The zero-order valence-corrected chi connectivity index (χ0v) is 13.6. The molecule has 0 fully saturated rings. The smallest absolute Gasteiger partial charge is 0.258 e. The van der Waals surface area contributed by atoms with Crippen LogP contribution in [-0.2, 0) is 4.79 Å². The van der Waals surface area contributed by atoms with Crippen molar-refractivity contribution in [1.82, 2.24) is 5.32 Å². The molecule has 2 rings (SSSR count). The van der Waals surface area contributed by atoms with Crippen molar-refractivity contribution in [3.63, 3.8) is 0 Å². The van der Waals surface area contributed by atoms with Gasteiger partial charge in [-0.15, -0.1) is 0 Å². The number of nitrogens with one attached hydrogen (secondary N) is 1. The Morgan fingerprint density at radius 3 is 2.68 bits per heavy atom. The maximum absolute atomic E-state index is 12.0. The van der Waals surface area contributed by atoms with Crippen LogP contribution in [0.4, 0.5) is 0 Å². The Hall–Kier alpha value is -2.23. The number of carbonyl (C=O) groups excluding carboxylic acids is 1. The number of amides is 1. The van der Waals surface area contributed by atoms with Crippen molar-refractivity contribution in [2.75, 3.05) is 6.61 Å². The molecule has 0 aliphatic rings. The molecule has 0 aliphatic carbocycles. The van der Waals surface area contributed by atoms with E-state index in [0.717, 1.165) is 22.6 Å². The average molecular weight is 301 g/mol. The van der Waals surface area contributed by atoms with Gasteiger partial charge in [0.25, 0.3) is 5.91 Å². The van der Waals surface area contributed by atoms with E-state index in [-0.39, 0.29) is 18.6 Å². The van der Waals surface area contributed by atoms with E-state index in [1.165, 1.54) is 0 Å². The molecule has 0 spiro atoms. The molecule has 118 valence electrons. The summed E-state index contributed by atoms with van der Waals surface area (Å²) in [5.74, 6) is 1.68. The molecule has 4 heteroatoms. The second-order valence-electron chi connectivity index (χ2n) is 5.79. The standard InChI is InChI=1S/C18H23NO3/c1-12(2)15-8-7-13(3)10-17(15)22-11-18(20)19-14(4)16-6-5-9-21-16/h5-10,12,14H,11H2,1-4H3,(H,19,20)/t14-/m1/s1. The van der Waals surface area contributed by atoms with Crippen LogP contribution < -0.4 is 10.1 Å². The number of ether oxygens (including phenoxy) is 1. The van der Waals surface area contributed by atoms with Gasteiger partial charge in [0.15, 0.2) is 6.61 Å². The summed E-state index contributed by atoms with van der Waals surface area (Å²) < 4.78 is 11.0. The molecular weight excluding hydrogens is 278 g/mol. The van der Waals surface area contributed by atoms with Gasteiger partial charge in [0.05, 0.1) is 12.3 Å². The molecule has 2 aromatic rings. The van der Waals surface area contributed by atoms with Crippen LogP contribution in [-0.4, -0.2) is 12.5 Å². The van der Waals surface area contributed by atoms with E-state index >= 15 is 0 Å². The maximum atomic E-state index is 12.0. The third-order valence-corrected chi connectivity index (χ3v) is 3.50. The van der Waals surface area contributed by atoms with Gasteiger partial charge in [-0.2, -0.15) is 0 Å². The first-order valence-corrected chi connectivity index (χ1v) is 7.53. The highest BCUT2D eigenvalue weighted by atomic mass is 16.5. The van der Waals surface area contributed by atoms with Crippen LogP contribution in [0.25, 0.3) is 0 Å². The van der Waals surface area contributed by atoms with Crippen LogP contribution in [0.1, 0.15) is 49.6 Å². The lowest BCUT2D eigenvalue weighted by atomic mass is 10.0. The van der Waals surface area contributed by atoms with Gasteiger partial charge in [-0.25, -0.2) is 0 Å². The number of rotatable bonds is 6. The molecule has 0 unspecified atom stereocenters. The molecule has 1 aromatic carbocycles. The highest BCUT2D eigenvalue weighted by Crippen LogP contribution is 2.27.